The van der Waals surface area contributed by atoms with Gasteiger partial charge >= 0.3 is 0 Å². The molecule has 0 unspecified atom stereocenters. The van der Waals surface area contributed by atoms with Gasteiger partial charge in [0.15, 0.2) is 0 Å². The number of hydrogen-bond donors (Lipinski definition) is 0. The first-order valence-electron chi connectivity index (χ1n) is 3.85. The van der Waals surface area contributed by atoms with Crippen LogP contribution in [0.3, 0.4) is 0 Å². The largest absolute Gasteiger partial charge is 0.298 e. The van der Waals surface area contributed by atoms with Crippen LogP contribution in [0.25, 0.3) is 10.6 Å². The molecule has 0 amide bonds. The van der Waals surface area contributed by atoms with Crippen molar-refractivity contribution in [2.45, 2.75) is 0 Å². The lowest BCUT2D eigenvalue weighted by molar-refractivity contribution is 0.112. The maximum absolute atomic E-state index is 10.5. The van der Waals surface area contributed by atoms with Crippen LogP contribution in [0, 0.1) is 0 Å². The second-order valence-corrected chi connectivity index (χ2v) is 3.48. The van der Waals surface area contributed by atoms with E-state index in [-0.39, 0.29) is 0 Å². The molecule has 2 rings (SSSR count). The van der Waals surface area contributed by atoms with Crippen molar-refractivity contribution in [3.63, 3.8) is 0 Å². The summed E-state index contributed by atoms with van der Waals surface area (Å²) in [6.07, 6.45) is 2.60. The monoisotopic (exact) mass is 189 g/mol. The Morgan fingerprint density at radius 1 is 1.38 bits per heavy atom. The van der Waals surface area contributed by atoms with Gasteiger partial charge in [0.2, 0.25) is 0 Å². The molecule has 13 heavy (non-hydrogen) atoms. The molecule has 0 fully saturated rings. The van der Waals surface area contributed by atoms with Gasteiger partial charge in [-0.15, -0.1) is 11.3 Å². The number of carbonyl (C=O) groups is 1. The number of aromatic nitrogens is 1. The van der Waals surface area contributed by atoms with Crippen molar-refractivity contribution >= 4 is 17.6 Å². The van der Waals surface area contributed by atoms with Gasteiger partial charge < -0.3 is 0 Å². The smallest absolute Gasteiger partial charge is 0.150 e. The Labute approximate surface area is 79.9 Å². The number of carbonyl (C=O) groups excluding carboxylic acids is 1. The maximum Gasteiger partial charge on any atom is 0.150 e. The van der Waals surface area contributed by atoms with Crippen LogP contribution in [0.1, 0.15) is 10.4 Å². The molecule has 0 atom stereocenters. The van der Waals surface area contributed by atoms with Crippen molar-refractivity contribution in [1.82, 2.24) is 4.98 Å². The summed E-state index contributed by atoms with van der Waals surface area (Å²) in [6.45, 7) is 0. The van der Waals surface area contributed by atoms with Gasteiger partial charge in [-0.25, -0.2) is 4.98 Å². The lowest BCUT2D eigenvalue weighted by Crippen LogP contribution is -1.80. The average Bonchev–Trinajstić information content (AvgIpc) is 2.71. The molecule has 0 bridgehead atoms. The minimum absolute atomic E-state index is 0.688. The van der Waals surface area contributed by atoms with Crippen LogP contribution < -0.4 is 0 Å². The molecule has 2 nitrogen and oxygen atoms in total. The van der Waals surface area contributed by atoms with Gasteiger partial charge in [-0.2, -0.15) is 0 Å². The Hall–Kier alpha value is -1.48. The lowest BCUT2D eigenvalue weighted by atomic mass is 10.1. The summed E-state index contributed by atoms with van der Waals surface area (Å²) in [7, 11) is 0. The molecular formula is C10H7NOS. The van der Waals surface area contributed by atoms with E-state index in [2.05, 4.69) is 4.98 Å². The highest BCUT2D eigenvalue weighted by Crippen LogP contribution is 2.21. The van der Waals surface area contributed by atoms with Gasteiger partial charge in [0, 0.05) is 22.7 Å². The zero-order valence-corrected chi connectivity index (χ0v) is 7.62. The standard InChI is InChI=1S/C10H7NOS/c12-7-8-2-1-3-9(6-8)10-11-4-5-13-10/h1-7H. The summed E-state index contributed by atoms with van der Waals surface area (Å²) >= 11 is 1.57. The fourth-order valence-electron chi connectivity index (χ4n) is 1.11. The van der Waals surface area contributed by atoms with Gasteiger partial charge in [-0.1, -0.05) is 18.2 Å². The van der Waals surface area contributed by atoms with Crippen LogP contribution in [0.4, 0.5) is 0 Å². The molecule has 0 spiro atoms. The highest BCUT2D eigenvalue weighted by atomic mass is 32.1. The molecule has 1 aromatic heterocycles. The summed E-state index contributed by atoms with van der Waals surface area (Å²) in [5.41, 5.74) is 1.69. The van der Waals surface area contributed by atoms with E-state index in [1.54, 1.807) is 23.6 Å². The molecule has 0 aliphatic carbocycles. The van der Waals surface area contributed by atoms with E-state index in [0.29, 0.717) is 5.56 Å². The number of thiazole rings is 1. The summed E-state index contributed by atoms with van der Waals surface area (Å²) in [6, 6.07) is 7.43. The van der Waals surface area contributed by atoms with Gasteiger partial charge in [-0.05, 0) is 6.07 Å². The van der Waals surface area contributed by atoms with Gasteiger partial charge in [0.1, 0.15) is 11.3 Å². The van der Waals surface area contributed by atoms with Crippen molar-refractivity contribution in [3.05, 3.63) is 41.4 Å². The van der Waals surface area contributed by atoms with Crippen molar-refractivity contribution in [2.24, 2.45) is 0 Å². The number of hydrogen-bond acceptors (Lipinski definition) is 3. The van der Waals surface area contributed by atoms with Gasteiger partial charge in [-0.3, -0.25) is 4.79 Å². The number of rotatable bonds is 2. The van der Waals surface area contributed by atoms with Crippen molar-refractivity contribution in [1.29, 1.82) is 0 Å². The molecule has 64 valence electrons. The number of nitrogens with zero attached hydrogens (tertiary/aromatic N) is 1. The number of aldehydes is 1. The minimum atomic E-state index is 0.688. The Morgan fingerprint density at radius 2 is 2.31 bits per heavy atom. The van der Waals surface area contributed by atoms with E-state index in [1.165, 1.54) is 0 Å². The molecule has 1 heterocycles. The van der Waals surface area contributed by atoms with Crippen LogP contribution in [0.2, 0.25) is 0 Å². The van der Waals surface area contributed by atoms with Crippen molar-refractivity contribution in [3.8, 4) is 10.6 Å². The zero-order valence-electron chi connectivity index (χ0n) is 6.81. The molecular weight excluding hydrogens is 182 g/mol. The third-order valence-electron chi connectivity index (χ3n) is 1.70. The van der Waals surface area contributed by atoms with Crippen molar-refractivity contribution in [2.75, 3.05) is 0 Å². The van der Waals surface area contributed by atoms with E-state index in [9.17, 15) is 4.79 Å². The summed E-state index contributed by atoms with van der Waals surface area (Å²) in [4.78, 5) is 14.7. The highest BCUT2D eigenvalue weighted by molar-refractivity contribution is 7.13. The van der Waals surface area contributed by atoms with E-state index in [0.717, 1.165) is 16.9 Å². The molecule has 1 aromatic carbocycles. The summed E-state index contributed by atoms with van der Waals surface area (Å²) in [5, 5.41) is 2.87. The third kappa shape index (κ3) is 1.65. The molecule has 0 aliphatic rings. The Balaban J connectivity index is 2.47. The highest BCUT2D eigenvalue weighted by Gasteiger charge is 1.99. The first-order valence-corrected chi connectivity index (χ1v) is 4.73. The Morgan fingerprint density at radius 3 is 3.00 bits per heavy atom. The van der Waals surface area contributed by atoms with E-state index in [4.69, 9.17) is 0 Å². The molecule has 0 radical (unpaired) electrons. The molecule has 0 aliphatic heterocycles. The average molecular weight is 189 g/mol. The fraction of sp³-hybridized carbons (Fsp3) is 0. The molecule has 0 N–H and O–H groups in total. The topological polar surface area (TPSA) is 30.0 Å². The van der Waals surface area contributed by atoms with E-state index in [1.807, 2.05) is 23.6 Å². The molecule has 0 saturated carbocycles. The van der Waals surface area contributed by atoms with E-state index < -0.39 is 0 Å². The minimum Gasteiger partial charge on any atom is -0.298 e. The fourth-order valence-corrected chi connectivity index (χ4v) is 1.75. The normalized spacial score (nSPS) is 9.85. The van der Waals surface area contributed by atoms with Crippen LogP contribution in [0.5, 0.6) is 0 Å². The van der Waals surface area contributed by atoms with Crippen molar-refractivity contribution < 1.29 is 4.79 Å². The second-order valence-electron chi connectivity index (χ2n) is 2.58. The second kappa shape index (κ2) is 3.49. The zero-order chi connectivity index (χ0) is 9.10. The molecule has 3 heteroatoms. The van der Waals surface area contributed by atoms with Crippen LogP contribution in [-0.2, 0) is 0 Å². The first kappa shape index (κ1) is 8.13. The van der Waals surface area contributed by atoms with Crippen LogP contribution in [0.15, 0.2) is 35.8 Å². The summed E-state index contributed by atoms with van der Waals surface area (Å²) in [5.74, 6) is 0. The summed E-state index contributed by atoms with van der Waals surface area (Å²) < 4.78 is 0. The quantitative estimate of drug-likeness (QED) is 0.680. The van der Waals surface area contributed by atoms with E-state index >= 15 is 0 Å². The first-order chi connectivity index (χ1) is 6.40. The SMILES string of the molecule is O=Cc1cccc(-c2nccs2)c1. The predicted molar refractivity (Wildman–Crippen MR) is 52.9 cm³/mol. The Kier molecular flexibility index (Phi) is 2.19. The Bertz CT molecular complexity index is 409. The lowest BCUT2D eigenvalue weighted by Gasteiger charge is -1.95. The van der Waals surface area contributed by atoms with Crippen LogP contribution >= 0.6 is 11.3 Å². The molecule has 0 saturated heterocycles. The van der Waals surface area contributed by atoms with Gasteiger partial charge in [0.05, 0.1) is 0 Å². The van der Waals surface area contributed by atoms with Crippen LogP contribution in [-0.4, -0.2) is 11.3 Å². The molecule has 2 aromatic rings. The third-order valence-corrected chi connectivity index (χ3v) is 2.52. The van der Waals surface area contributed by atoms with Gasteiger partial charge in [0.25, 0.3) is 0 Å². The predicted octanol–water partition coefficient (Wildman–Crippen LogP) is 2.62. The maximum atomic E-state index is 10.5. The number of benzene rings is 1.